The summed E-state index contributed by atoms with van der Waals surface area (Å²) in [5.41, 5.74) is -0.342. The van der Waals surface area contributed by atoms with Gasteiger partial charge in [-0.25, -0.2) is 0 Å². The second-order valence-corrected chi connectivity index (χ2v) is 7.08. The summed E-state index contributed by atoms with van der Waals surface area (Å²) in [4.78, 5) is 3.84. The maximum atomic E-state index is 14.0. The zero-order valence-electron chi connectivity index (χ0n) is 15.0. The Morgan fingerprint density at radius 1 is 0.955 bits per heavy atom. The minimum atomic E-state index is -3.63. The van der Waals surface area contributed by atoms with E-state index in [1.54, 1.807) is 60.7 Å². The van der Waals surface area contributed by atoms with Gasteiger partial charge in [0.1, 0.15) is 5.44 Å². The molecule has 0 atom stereocenters. The molecule has 0 aliphatic carbocycles. The smallest absolute Gasteiger partial charge is 0.871 e. The molecule has 3 nitrogen and oxygen atoms in total. The third-order valence-corrected chi connectivity index (χ3v) is 6.09. The Balaban J connectivity index is 0.00000225. The quantitative estimate of drug-likeness (QED) is 0.451. The molecule has 0 aliphatic rings. The zero-order chi connectivity index (χ0) is 17.3. The molecule has 3 aromatic rings. The summed E-state index contributed by atoms with van der Waals surface area (Å²) in [6, 6.07) is 15.7. The van der Waals surface area contributed by atoms with Crippen molar-refractivity contribution < 1.29 is 32.6 Å². The van der Waals surface area contributed by atoms with Crippen molar-refractivity contribution in [2.75, 3.05) is 0 Å². The van der Waals surface area contributed by atoms with Crippen molar-refractivity contribution >= 4 is 23.2 Å². The standard InChI is InChI=1S/C17H14NO2P.Li/c19-16-12-7-13-18-17(16)21(20,14-8-3-1-4-9-14)15-10-5-2-6-11-15;/h1-13,19H;/q;+1/p-1/i7D,12D,13D;. The van der Waals surface area contributed by atoms with Crippen LogP contribution in [0.4, 0.5) is 0 Å². The zero-order valence-corrected chi connectivity index (χ0v) is 12.9. The van der Waals surface area contributed by atoms with Gasteiger partial charge in [-0.2, -0.15) is 0 Å². The second-order valence-electron chi connectivity index (χ2n) is 4.41. The number of hydrogen-bond donors (Lipinski definition) is 0. The van der Waals surface area contributed by atoms with Crippen LogP contribution in [0.2, 0.25) is 0 Å². The van der Waals surface area contributed by atoms with E-state index in [2.05, 4.69) is 4.98 Å². The molecule has 104 valence electrons. The van der Waals surface area contributed by atoms with Crippen LogP contribution in [0.1, 0.15) is 4.11 Å². The Kier molecular flexibility index (Phi) is 4.04. The Morgan fingerprint density at radius 3 is 1.95 bits per heavy atom. The minimum Gasteiger partial charge on any atom is -0.871 e. The van der Waals surface area contributed by atoms with Crippen LogP contribution in [-0.4, -0.2) is 4.98 Å². The van der Waals surface area contributed by atoms with Crippen LogP contribution in [-0.2, 0) is 4.57 Å². The van der Waals surface area contributed by atoms with Crippen LogP contribution in [0.5, 0.6) is 5.75 Å². The van der Waals surface area contributed by atoms with Gasteiger partial charge < -0.3 is 9.67 Å². The first kappa shape index (κ1) is 12.7. The average Bonchev–Trinajstić information content (AvgIpc) is 2.64. The molecule has 0 radical (unpaired) electrons. The second kappa shape index (κ2) is 6.98. The van der Waals surface area contributed by atoms with Crippen molar-refractivity contribution in [3.63, 3.8) is 0 Å². The molecule has 0 amide bonds. The van der Waals surface area contributed by atoms with E-state index in [1.165, 1.54) is 0 Å². The average molecular weight is 304 g/mol. The van der Waals surface area contributed by atoms with Gasteiger partial charge in [0.05, 0.1) is 4.11 Å². The molecule has 0 N–H and O–H groups in total. The number of hydrogen-bond acceptors (Lipinski definition) is 3. The van der Waals surface area contributed by atoms with E-state index in [1.807, 2.05) is 0 Å². The summed E-state index contributed by atoms with van der Waals surface area (Å²) in [6.07, 6.45) is -0.526. The molecule has 0 unspecified atom stereocenters. The normalized spacial score (nSPS) is 12.6. The monoisotopic (exact) mass is 304 g/mol. The van der Waals surface area contributed by atoms with Gasteiger partial charge in [0, 0.05) is 16.8 Å². The molecule has 0 fully saturated rings. The molecule has 5 heteroatoms. The van der Waals surface area contributed by atoms with Crippen molar-refractivity contribution in [3.05, 3.63) is 78.9 Å². The van der Waals surface area contributed by atoms with Crippen molar-refractivity contribution in [2.24, 2.45) is 0 Å². The molecule has 2 aromatic carbocycles. The number of aromatic nitrogens is 1. The molecule has 0 aliphatic heterocycles. The maximum absolute atomic E-state index is 14.0. The van der Waals surface area contributed by atoms with Crippen LogP contribution < -0.4 is 40.0 Å². The van der Waals surface area contributed by atoms with Crippen LogP contribution in [0.3, 0.4) is 0 Å². The van der Waals surface area contributed by atoms with Gasteiger partial charge >= 0.3 is 18.9 Å². The minimum absolute atomic E-state index is 0. The molecular weight excluding hydrogens is 288 g/mol. The van der Waals surface area contributed by atoms with Crippen LogP contribution in [0.15, 0.2) is 78.9 Å². The van der Waals surface area contributed by atoms with Crippen molar-refractivity contribution in [1.29, 1.82) is 0 Å². The summed E-state index contributed by atoms with van der Waals surface area (Å²) in [5, 5.41) is 13.3. The topological polar surface area (TPSA) is 53.0 Å². The molecule has 0 bridgehead atoms. The third-order valence-electron chi connectivity index (χ3n) is 3.13. The third kappa shape index (κ3) is 2.89. The first-order valence-electron chi connectivity index (χ1n) is 7.83. The van der Waals surface area contributed by atoms with Gasteiger partial charge in [-0.3, -0.25) is 4.98 Å². The fourth-order valence-electron chi connectivity index (χ4n) is 2.16. The number of pyridine rings is 1. The van der Waals surface area contributed by atoms with Gasteiger partial charge in [-0.15, -0.1) is 0 Å². The largest absolute Gasteiger partial charge is 1.00 e. The molecular formula is C17H13LiNO2P. The van der Waals surface area contributed by atoms with Gasteiger partial charge in [0.25, 0.3) is 0 Å². The van der Waals surface area contributed by atoms with Gasteiger partial charge in [-0.05, 0) is 6.04 Å². The number of nitrogens with zero attached hydrogens (tertiary/aromatic N) is 1. The Morgan fingerprint density at radius 2 is 1.45 bits per heavy atom. The van der Waals surface area contributed by atoms with E-state index in [9.17, 15) is 9.67 Å². The Bertz CT molecular complexity index is 896. The molecule has 0 spiro atoms. The Labute approximate surface area is 145 Å². The summed E-state index contributed by atoms with van der Waals surface area (Å²) >= 11 is 0. The van der Waals surface area contributed by atoms with E-state index >= 15 is 0 Å². The van der Waals surface area contributed by atoms with Crippen molar-refractivity contribution in [2.45, 2.75) is 0 Å². The van der Waals surface area contributed by atoms with E-state index in [0.29, 0.717) is 10.6 Å². The predicted molar refractivity (Wildman–Crippen MR) is 83.1 cm³/mol. The SMILES string of the molecule is [2H]c1nc(P(=O)(c2ccccc2)c2ccccc2)c([O-])c([2H])c1[2H].[Li+]. The van der Waals surface area contributed by atoms with Crippen LogP contribution in [0.25, 0.3) is 0 Å². The molecule has 1 heterocycles. The fraction of sp³-hybridized carbons (Fsp3) is 0. The first-order valence-corrected chi connectivity index (χ1v) is 8.03. The Hall–Kier alpha value is -1.78. The summed E-state index contributed by atoms with van der Waals surface area (Å²) < 4.78 is 37.0. The predicted octanol–water partition coefficient (Wildman–Crippen LogP) is -1.20. The summed E-state index contributed by atoms with van der Waals surface area (Å²) in [6.45, 7) is 0. The first-order chi connectivity index (χ1) is 11.5. The van der Waals surface area contributed by atoms with E-state index in [-0.39, 0.29) is 24.3 Å². The molecule has 0 saturated heterocycles. The van der Waals surface area contributed by atoms with Crippen molar-refractivity contribution in [1.82, 2.24) is 4.98 Å². The van der Waals surface area contributed by atoms with Gasteiger partial charge in [-0.1, -0.05) is 72.5 Å². The molecule has 1 aromatic heterocycles. The summed E-state index contributed by atoms with van der Waals surface area (Å²) in [7, 11) is -3.63. The number of rotatable bonds is 3. The van der Waals surface area contributed by atoms with Gasteiger partial charge in [0.2, 0.25) is 0 Å². The van der Waals surface area contributed by atoms with Crippen LogP contribution in [0, 0.1) is 0 Å². The molecule has 3 rings (SSSR count). The molecule has 0 saturated carbocycles. The van der Waals surface area contributed by atoms with E-state index in [0.717, 1.165) is 0 Å². The van der Waals surface area contributed by atoms with Gasteiger partial charge in [0.15, 0.2) is 7.14 Å². The van der Waals surface area contributed by atoms with Crippen LogP contribution >= 0.6 is 7.14 Å². The maximum Gasteiger partial charge on any atom is 1.00 e. The van der Waals surface area contributed by atoms with Crippen molar-refractivity contribution in [3.8, 4) is 5.75 Å². The fourth-order valence-corrected chi connectivity index (χ4v) is 4.66. The summed E-state index contributed by atoms with van der Waals surface area (Å²) in [5.74, 6) is -0.868. The van der Waals surface area contributed by atoms with E-state index in [4.69, 9.17) is 4.11 Å². The molecule has 22 heavy (non-hydrogen) atoms. The number of benzene rings is 2. The van der Waals surface area contributed by atoms with E-state index < -0.39 is 31.1 Å².